The summed E-state index contributed by atoms with van der Waals surface area (Å²) >= 11 is 0. The Hall–Kier alpha value is -0.920. The van der Waals surface area contributed by atoms with Gasteiger partial charge in [-0.15, -0.1) is 0 Å². The number of ketones is 2. The van der Waals surface area contributed by atoms with E-state index < -0.39 is 0 Å². The normalized spacial score (nSPS) is 50.0. The summed E-state index contributed by atoms with van der Waals surface area (Å²) in [4.78, 5) is 25.5. The summed E-state index contributed by atoms with van der Waals surface area (Å²) in [7, 11) is 0. The van der Waals surface area contributed by atoms with Gasteiger partial charge in [-0.2, -0.15) is 0 Å². The van der Waals surface area contributed by atoms with Crippen molar-refractivity contribution in [2.75, 3.05) is 0 Å². The number of hydrogen-bond acceptors (Lipinski definition) is 2. The minimum Gasteiger partial charge on any atom is -0.299 e. The minimum atomic E-state index is 0.0561. The maximum Gasteiger partial charge on any atom is 0.141 e. The van der Waals surface area contributed by atoms with E-state index in [1.54, 1.807) is 0 Å². The van der Waals surface area contributed by atoms with Crippen molar-refractivity contribution in [1.29, 1.82) is 0 Å². The summed E-state index contributed by atoms with van der Waals surface area (Å²) in [6, 6.07) is 0. The highest BCUT2D eigenvalue weighted by atomic mass is 16.1. The van der Waals surface area contributed by atoms with Gasteiger partial charge in [-0.05, 0) is 37.5 Å². The second-order valence-corrected chi connectivity index (χ2v) is 6.64. The number of allylic oxidation sites excluding steroid dienone is 2. The second-order valence-electron chi connectivity index (χ2n) is 6.64. The molecule has 6 atom stereocenters. The van der Waals surface area contributed by atoms with E-state index in [1.807, 2.05) is 0 Å². The molecule has 0 aromatic carbocycles. The van der Waals surface area contributed by atoms with E-state index in [1.165, 1.54) is 0 Å². The average Bonchev–Trinajstić information content (AvgIpc) is 2.45. The molecule has 0 aromatic rings. The van der Waals surface area contributed by atoms with Crippen LogP contribution in [0.1, 0.15) is 38.5 Å². The summed E-state index contributed by atoms with van der Waals surface area (Å²) in [5.74, 6) is 1.92. The predicted molar refractivity (Wildman–Crippen MR) is 67.8 cm³/mol. The van der Waals surface area contributed by atoms with Gasteiger partial charge in [0.1, 0.15) is 11.6 Å². The van der Waals surface area contributed by atoms with Gasteiger partial charge in [-0.1, -0.05) is 25.0 Å². The van der Waals surface area contributed by atoms with Crippen molar-refractivity contribution in [3.05, 3.63) is 12.2 Å². The van der Waals surface area contributed by atoms with Crippen molar-refractivity contribution in [1.82, 2.24) is 0 Å². The number of carbonyl (C=O) groups is 2. The quantitative estimate of drug-likeness (QED) is 0.614. The van der Waals surface area contributed by atoms with Crippen LogP contribution >= 0.6 is 0 Å². The third-order valence-corrected chi connectivity index (χ3v) is 5.90. The van der Waals surface area contributed by atoms with Gasteiger partial charge >= 0.3 is 0 Å². The number of rotatable bonds is 0. The van der Waals surface area contributed by atoms with E-state index in [4.69, 9.17) is 0 Å². The molecule has 2 nitrogen and oxygen atoms in total. The van der Waals surface area contributed by atoms with Crippen molar-refractivity contribution in [3.63, 3.8) is 0 Å². The molecule has 3 fully saturated rings. The van der Waals surface area contributed by atoms with Crippen molar-refractivity contribution in [2.45, 2.75) is 38.5 Å². The molecule has 18 heavy (non-hydrogen) atoms. The Bertz CT molecular complexity index is 396. The zero-order chi connectivity index (χ0) is 12.3. The number of fused-ring (bicyclic) bond motifs is 2. The molecular weight excluding hydrogens is 224 g/mol. The SMILES string of the molecule is O=C1C2CCCCC2C(=O)[C@H]2[C@H]1[C@H]1C=C[C@H]2CC1. The average molecular weight is 244 g/mol. The highest BCUT2D eigenvalue weighted by molar-refractivity contribution is 6.00. The maximum absolute atomic E-state index is 12.7. The predicted octanol–water partition coefficient (Wildman–Crippen LogP) is 2.77. The van der Waals surface area contributed by atoms with Crippen LogP contribution in [0.5, 0.6) is 0 Å². The topological polar surface area (TPSA) is 34.1 Å². The Morgan fingerprint density at radius 1 is 0.722 bits per heavy atom. The minimum absolute atomic E-state index is 0.0561. The molecule has 2 bridgehead atoms. The van der Waals surface area contributed by atoms with Crippen LogP contribution in [0.25, 0.3) is 0 Å². The summed E-state index contributed by atoms with van der Waals surface area (Å²) < 4.78 is 0. The van der Waals surface area contributed by atoms with Gasteiger partial charge in [0.05, 0.1) is 0 Å². The van der Waals surface area contributed by atoms with E-state index in [-0.39, 0.29) is 23.7 Å². The van der Waals surface area contributed by atoms with Gasteiger partial charge < -0.3 is 0 Å². The Morgan fingerprint density at radius 3 is 1.56 bits per heavy atom. The van der Waals surface area contributed by atoms with Gasteiger partial charge in [0.2, 0.25) is 0 Å². The molecular formula is C16H20O2. The van der Waals surface area contributed by atoms with Gasteiger partial charge in [0, 0.05) is 23.7 Å². The molecule has 0 amide bonds. The Kier molecular flexibility index (Phi) is 2.30. The first-order valence-electron chi connectivity index (χ1n) is 7.53. The van der Waals surface area contributed by atoms with Crippen LogP contribution in [-0.4, -0.2) is 11.6 Å². The van der Waals surface area contributed by atoms with Gasteiger partial charge in [0.15, 0.2) is 0 Å². The van der Waals surface area contributed by atoms with Crippen LogP contribution in [0.2, 0.25) is 0 Å². The molecule has 5 aliphatic carbocycles. The molecule has 0 N–H and O–H groups in total. The fraction of sp³-hybridized carbons (Fsp3) is 0.750. The molecule has 2 heteroatoms. The molecule has 3 saturated carbocycles. The lowest BCUT2D eigenvalue weighted by atomic mass is 9.51. The van der Waals surface area contributed by atoms with Crippen LogP contribution in [0.3, 0.4) is 0 Å². The van der Waals surface area contributed by atoms with Crippen molar-refractivity contribution < 1.29 is 9.59 Å². The summed E-state index contributed by atoms with van der Waals surface area (Å²) in [5, 5.41) is 0. The van der Waals surface area contributed by atoms with E-state index in [9.17, 15) is 9.59 Å². The second kappa shape index (κ2) is 3.79. The Labute approximate surface area is 108 Å². The molecule has 2 unspecified atom stereocenters. The lowest BCUT2D eigenvalue weighted by Crippen LogP contribution is -2.55. The summed E-state index contributed by atoms with van der Waals surface area (Å²) in [6.45, 7) is 0. The van der Waals surface area contributed by atoms with Crippen LogP contribution < -0.4 is 0 Å². The largest absolute Gasteiger partial charge is 0.299 e. The van der Waals surface area contributed by atoms with Crippen LogP contribution in [-0.2, 0) is 9.59 Å². The monoisotopic (exact) mass is 244 g/mol. The summed E-state index contributed by atoms with van der Waals surface area (Å²) in [6.07, 6.45) is 10.9. The third kappa shape index (κ3) is 1.29. The van der Waals surface area contributed by atoms with Crippen molar-refractivity contribution in [2.24, 2.45) is 35.5 Å². The zero-order valence-corrected chi connectivity index (χ0v) is 10.7. The number of carbonyl (C=O) groups excluding carboxylic acids is 2. The first kappa shape index (κ1) is 11.0. The van der Waals surface area contributed by atoms with Crippen LogP contribution in [0.4, 0.5) is 0 Å². The van der Waals surface area contributed by atoms with E-state index >= 15 is 0 Å². The standard InChI is InChI=1S/C16H20O2/c17-15-11-3-1-2-4-12(11)16(18)14-10-7-5-9(6-8-10)13(14)15/h5,7,9-14H,1-4,6,8H2/t9-,10-,11?,12?,13+,14+/m0/s1. The Morgan fingerprint density at radius 2 is 1.17 bits per heavy atom. The molecule has 5 rings (SSSR count). The zero-order valence-electron chi connectivity index (χ0n) is 10.7. The fourth-order valence-corrected chi connectivity index (χ4v) is 5.08. The Balaban J connectivity index is 1.75. The van der Waals surface area contributed by atoms with Crippen molar-refractivity contribution in [3.8, 4) is 0 Å². The van der Waals surface area contributed by atoms with Gasteiger partial charge in [0.25, 0.3) is 0 Å². The first-order chi connectivity index (χ1) is 8.77. The number of hydrogen-bond donors (Lipinski definition) is 0. The molecule has 0 heterocycles. The van der Waals surface area contributed by atoms with E-state index in [0.717, 1.165) is 38.5 Å². The third-order valence-electron chi connectivity index (χ3n) is 5.90. The lowest BCUT2D eigenvalue weighted by molar-refractivity contribution is -0.155. The van der Waals surface area contributed by atoms with E-state index in [0.29, 0.717) is 23.4 Å². The molecule has 0 aromatic heterocycles. The lowest BCUT2D eigenvalue weighted by Gasteiger charge is -2.50. The maximum atomic E-state index is 12.7. The van der Waals surface area contributed by atoms with E-state index in [2.05, 4.69) is 12.2 Å². The smallest absolute Gasteiger partial charge is 0.141 e. The fourth-order valence-electron chi connectivity index (χ4n) is 5.08. The highest BCUT2D eigenvalue weighted by Crippen LogP contribution is 2.53. The molecule has 0 saturated heterocycles. The molecule has 0 aliphatic heterocycles. The summed E-state index contributed by atoms with van der Waals surface area (Å²) in [5.41, 5.74) is 0. The van der Waals surface area contributed by atoms with Gasteiger partial charge in [-0.25, -0.2) is 0 Å². The molecule has 5 aliphatic rings. The molecule has 0 radical (unpaired) electrons. The number of Topliss-reactive ketones (excluding diaryl/α,β-unsaturated/α-hetero) is 2. The highest BCUT2D eigenvalue weighted by Gasteiger charge is 2.56. The van der Waals surface area contributed by atoms with Crippen LogP contribution in [0.15, 0.2) is 12.2 Å². The van der Waals surface area contributed by atoms with Crippen molar-refractivity contribution >= 4 is 11.6 Å². The van der Waals surface area contributed by atoms with Gasteiger partial charge in [-0.3, -0.25) is 9.59 Å². The molecule has 96 valence electrons. The van der Waals surface area contributed by atoms with Crippen LogP contribution in [0, 0.1) is 35.5 Å². The first-order valence-corrected chi connectivity index (χ1v) is 7.53. The molecule has 0 spiro atoms.